The summed E-state index contributed by atoms with van der Waals surface area (Å²) in [6, 6.07) is 9.31. The van der Waals surface area contributed by atoms with Crippen molar-refractivity contribution >= 4 is 17.1 Å². The molecule has 0 aliphatic carbocycles. The maximum Gasteiger partial charge on any atom is 0.416 e. The standard InChI is InChI=1S/C18H18F3N3O3/c1-3-10-27-15-7-4-13(5-8-15)12(2)22-23-16-9-6-14(18(19,20)21)11-17(16)24(25)26/h4-9,11,23H,3,10H2,1-2H3/b22-12-. The molecule has 0 saturated heterocycles. The number of hydrazone groups is 1. The van der Waals surface area contributed by atoms with Crippen molar-refractivity contribution in [3.63, 3.8) is 0 Å². The van der Waals surface area contributed by atoms with Crippen LogP contribution >= 0.6 is 0 Å². The molecule has 0 bridgehead atoms. The van der Waals surface area contributed by atoms with Gasteiger partial charge < -0.3 is 4.74 Å². The lowest BCUT2D eigenvalue weighted by Gasteiger charge is -2.09. The van der Waals surface area contributed by atoms with E-state index in [0.29, 0.717) is 24.1 Å². The molecule has 0 fully saturated rings. The molecule has 0 aliphatic heterocycles. The minimum atomic E-state index is -4.66. The number of hydrogen-bond donors (Lipinski definition) is 1. The second kappa shape index (κ2) is 8.52. The molecule has 0 radical (unpaired) electrons. The minimum absolute atomic E-state index is 0.129. The van der Waals surface area contributed by atoms with Gasteiger partial charge in [0.15, 0.2) is 0 Å². The van der Waals surface area contributed by atoms with Crippen LogP contribution in [0.1, 0.15) is 31.4 Å². The van der Waals surface area contributed by atoms with E-state index in [1.54, 1.807) is 31.2 Å². The van der Waals surface area contributed by atoms with E-state index in [0.717, 1.165) is 24.1 Å². The third kappa shape index (κ3) is 5.44. The van der Waals surface area contributed by atoms with E-state index in [1.165, 1.54) is 0 Å². The van der Waals surface area contributed by atoms with Crippen molar-refractivity contribution in [2.75, 3.05) is 12.0 Å². The zero-order chi connectivity index (χ0) is 20.0. The highest BCUT2D eigenvalue weighted by atomic mass is 19.4. The average molecular weight is 381 g/mol. The van der Waals surface area contributed by atoms with Crippen LogP contribution in [0, 0.1) is 10.1 Å². The van der Waals surface area contributed by atoms with E-state index in [9.17, 15) is 23.3 Å². The van der Waals surface area contributed by atoms with Crippen LogP contribution in [0.25, 0.3) is 0 Å². The normalized spacial score (nSPS) is 12.0. The van der Waals surface area contributed by atoms with Gasteiger partial charge in [0, 0.05) is 6.07 Å². The Hall–Kier alpha value is -3.10. The SMILES string of the molecule is CCCOc1ccc(/C(C)=N\Nc2ccc(C(F)(F)F)cc2[N+](=O)[O-])cc1. The van der Waals surface area contributed by atoms with Gasteiger partial charge in [0.05, 0.1) is 22.8 Å². The Morgan fingerprint density at radius 3 is 2.44 bits per heavy atom. The minimum Gasteiger partial charge on any atom is -0.494 e. The average Bonchev–Trinajstić information content (AvgIpc) is 2.63. The summed E-state index contributed by atoms with van der Waals surface area (Å²) in [5, 5.41) is 15.1. The summed E-state index contributed by atoms with van der Waals surface area (Å²) in [5.74, 6) is 0.708. The molecule has 9 heteroatoms. The summed E-state index contributed by atoms with van der Waals surface area (Å²) in [6.07, 6.45) is -3.78. The Morgan fingerprint density at radius 2 is 1.89 bits per heavy atom. The molecular weight excluding hydrogens is 363 g/mol. The molecule has 0 saturated carbocycles. The summed E-state index contributed by atoms with van der Waals surface area (Å²) < 4.78 is 43.7. The third-order valence-corrected chi connectivity index (χ3v) is 3.61. The number of hydrogen-bond acceptors (Lipinski definition) is 5. The van der Waals surface area contributed by atoms with Crippen LogP contribution in [0.5, 0.6) is 5.75 Å². The fourth-order valence-corrected chi connectivity index (χ4v) is 2.17. The number of nitrogens with one attached hydrogen (secondary N) is 1. The zero-order valence-electron chi connectivity index (χ0n) is 14.7. The Morgan fingerprint density at radius 1 is 1.22 bits per heavy atom. The molecule has 2 aromatic carbocycles. The fourth-order valence-electron chi connectivity index (χ4n) is 2.17. The van der Waals surface area contributed by atoms with Crippen molar-refractivity contribution < 1.29 is 22.8 Å². The van der Waals surface area contributed by atoms with Crippen LogP contribution in [0.15, 0.2) is 47.6 Å². The van der Waals surface area contributed by atoms with Crippen LogP contribution in [0.4, 0.5) is 24.5 Å². The smallest absolute Gasteiger partial charge is 0.416 e. The van der Waals surface area contributed by atoms with Gasteiger partial charge in [-0.1, -0.05) is 6.92 Å². The van der Waals surface area contributed by atoms with E-state index >= 15 is 0 Å². The van der Waals surface area contributed by atoms with Crippen LogP contribution in [-0.2, 0) is 6.18 Å². The molecule has 0 amide bonds. The van der Waals surface area contributed by atoms with Gasteiger partial charge in [-0.3, -0.25) is 15.5 Å². The number of rotatable bonds is 7. The quantitative estimate of drug-likeness (QED) is 0.404. The summed E-state index contributed by atoms with van der Waals surface area (Å²) in [5.41, 5.74) is 1.78. The van der Waals surface area contributed by atoms with Crippen molar-refractivity contribution in [3.05, 3.63) is 63.7 Å². The van der Waals surface area contributed by atoms with Crippen LogP contribution in [-0.4, -0.2) is 17.2 Å². The van der Waals surface area contributed by atoms with Crippen molar-refractivity contribution in [2.45, 2.75) is 26.4 Å². The second-order valence-electron chi connectivity index (χ2n) is 5.67. The lowest BCUT2D eigenvalue weighted by molar-refractivity contribution is -0.384. The predicted octanol–water partition coefficient (Wildman–Crippen LogP) is 5.24. The molecule has 0 atom stereocenters. The summed E-state index contributed by atoms with van der Waals surface area (Å²) in [4.78, 5) is 10.2. The van der Waals surface area contributed by atoms with Crippen molar-refractivity contribution in [3.8, 4) is 5.75 Å². The lowest BCUT2D eigenvalue weighted by Crippen LogP contribution is -2.07. The van der Waals surface area contributed by atoms with Crippen LogP contribution < -0.4 is 10.2 Å². The maximum absolute atomic E-state index is 12.7. The molecule has 0 heterocycles. The number of nitro benzene ring substituents is 1. The first-order chi connectivity index (χ1) is 12.7. The maximum atomic E-state index is 12.7. The van der Waals surface area contributed by atoms with Gasteiger partial charge >= 0.3 is 6.18 Å². The summed E-state index contributed by atoms with van der Waals surface area (Å²) in [7, 11) is 0. The molecule has 27 heavy (non-hydrogen) atoms. The van der Waals surface area contributed by atoms with Gasteiger partial charge in [0.2, 0.25) is 0 Å². The Balaban J connectivity index is 2.19. The van der Waals surface area contributed by atoms with Gasteiger partial charge in [0.1, 0.15) is 11.4 Å². The Kier molecular flexibility index (Phi) is 6.38. The molecule has 0 spiro atoms. The number of nitro groups is 1. The summed E-state index contributed by atoms with van der Waals surface area (Å²) in [6.45, 7) is 4.27. The predicted molar refractivity (Wildman–Crippen MR) is 96.2 cm³/mol. The number of benzene rings is 2. The highest BCUT2D eigenvalue weighted by molar-refractivity contribution is 5.99. The molecule has 144 valence electrons. The molecule has 6 nitrogen and oxygen atoms in total. The molecule has 2 aromatic rings. The van der Waals surface area contributed by atoms with E-state index in [2.05, 4.69) is 10.5 Å². The molecule has 0 aliphatic rings. The first-order valence-corrected chi connectivity index (χ1v) is 8.11. The van der Waals surface area contributed by atoms with Gasteiger partial charge in [-0.25, -0.2) is 0 Å². The number of alkyl halides is 3. The first kappa shape index (κ1) is 20.2. The van der Waals surface area contributed by atoms with Crippen molar-refractivity contribution in [1.29, 1.82) is 0 Å². The zero-order valence-corrected chi connectivity index (χ0v) is 14.7. The Bertz CT molecular complexity index is 834. The fraction of sp³-hybridized carbons (Fsp3) is 0.278. The van der Waals surface area contributed by atoms with Crippen LogP contribution in [0.3, 0.4) is 0 Å². The molecular formula is C18H18F3N3O3. The van der Waals surface area contributed by atoms with Gasteiger partial charge in [-0.05, 0) is 55.3 Å². The topological polar surface area (TPSA) is 76.8 Å². The molecule has 0 aromatic heterocycles. The largest absolute Gasteiger partial charge is 0.494 e. The second-order valence-corrected chi connectivity index (χ2v) is 5.67. The number of nitrogens with zero attached hydrogens (tertiary/aromatic N) is 2. The van der Waals surface area contributed by atoms with E-state index in [1.807, 2.05) is 6.92 Å². The van der Waals surface area contributed by atoms with Gasteiger partial charge in [-0.15, -0.1) is 0 Å². The first-order valence-electron chi connectivity index (χ1n) is 8.11. The number of halogens is 3. The third-order valence-electron chi connectivity index (χ3n) is 3.61. The van der Waals surface area contributed by atoms with E-state index in [4.69, 9.17) is 4.74 Å². The highest BCUT2D eigenvalue weighted by Crippen LogP contribution is 2.35. The highest BCUT2D eigenvalue weighted by Gasteiger charge is 2.33. The lowest BCUT2D eigenvalue weighted by atomic mass is 10.1. The molecule has 0 unspecified atom stereocenters. The van der Waals surface area contributed by atoms with Gasteiger partial charge in [-0.2, -0.15) is 18.3 Å². The number of ether oxygens (including phenoxy) is 1. The summed E-state index contributed by atoms with van der Waals surface area (Å²) >= 11 is 0. The number of anilines is 1. The van der Waals surface area contributed by atoms with Crippen LogP contribution in [0.2, 0.25) is 0 Å². The Labute approximate surface area is 153 Å². The molecule has 2 rings (SSSR count). The van der Waals surface area contributed by atoms with Crippen molar-refractivity contribution in [1.82, 2.24) is 0 Å². The van der Waals surface area contributed by atoms with Gasteiger partial charge in [0.25, 0.3) is 5.69 Å². The van der Waals surface area contributed by atoms with Crippen molar-refractivity contribution in [2.24, 2.45) is 5.10 Å². The van der Waals surface area contributed by atoms with E-state index in [-0.39, 0.29) is 5.69 Å². The van der Waals surface area contributed by atoms with E-state index < -0.39 is 22.4 Å². The monoisotopic (exact) mass is 381 g/mol. The molecule has 1 N–H and O–H groups in total.